The number of hydrogen-bond acceptors (Lipinski definition) is 3. The SMILES string of the molecule is Cc1cccc(NC(=O)/C(C#N)=C\c2cn(CCOc3ccccc3)c3ccccc23)c1C. The number of aromatic nitrogens is 1. The summed E-state index contributed by atoms with van der Waals surface area (Å²) in [5.41, 5.74) is 4.67. The van der Waals surface area contributed by atoms with E-state index in [0.29, 0.717) is 18.8 Å². The van der Waals surface area contributed by atoms with E-state index in [-0.39, 0.29) is 5.57 Å². The second-order valence-corrected chi connectivity index (χ2v) is 7.83. The van der Waals surface area contributed by atoms with Gasteiger partial charge in [-0.05, 0) is 55.3 Å². The lowest BCUT2D eigenvalue weighted by atomic mass is 10.1. The lowest BCUT2D eigenvalue weighted by molar-refractivity contribution is -0.112. The first-order valence-electron chi connectivity index (χ1n) is 10.8. The number of ether oxygens (including phenoxy) is 1. The van der Waals surface area contributed by atoms with Gasteiger partial charge in [-0.15, -0.1) is 0 Å². The standard InChI is InChI=1S/C28H25N3O2/c1-20-9-8-13-26(21(20)2)30-28(32)22(18-29)17-23-19-31(27-14-7-6-12-25(23)27)15-16-33-24-10-4-3-5-11-24/h3-14,17,19H,15-16H2,1-2H3,(H,30,32)/b22-17-. The smallest absolute Gasteiger partial charge is 0.266 e. The van der Waals surface area contributed by atoms with Crippen LogP contribution in [0.2, 0.25) is 0 Å². The minimum absolute atomic E-state index is 0.0549. The van der Waals surface area contributed by atoms with E-state index in [1.807, 2.05) is 92.8 Å². The van der Waals surface area contributed by atoms with Crippen molar-refractivity contribution in [3.05, 3.63) is 101 Å². The maximum absolute atomic E-state index is 12.9. The Morgan fingerprint density at radius 1 is 1.03 bits per heavy atom. The molecule has 0 radical (unpaired) electrons. The molecule has 0 saturated carbocycles. The third kappa shape index (κ3) is 4.97. The van der Waals surface area contributed by atoms with Crippen molar-refractivity contribution >= 4 is 28.6 Å². The minimum Gasteiger partial charge on any atom is -0.492 e. The van der Waals surface area contributed by atoms with Crippen LogP contribution >= 0.6 is 0 Å². The zero-order chi connectivity index (χ0) is 23.2. The number of nitriles is 1. The van der Waals surface area contributed by atoms with Gasteiger partial charge < -0.3 is 14.6 Å². The highest BCUT2D eigenvalue weighted by molar-refractivity contribution is 6.11. The van der Waals surface area contributed by atoms with E-state index in [4.69, 9.17) is 4.74 Å². The normalized spacial score (nSPS) is 11.2. The van der Waals surface area contributed by atoms with Crippen LogP contribution < -0.4 is 10.1 Å². The highest BCUT2D eigenvalue weighted by atomic mass is 16.5. The number of fused-ring (bicyclic) bond motifs is 1. The van der Waals surface area contributed by atoms with Crippen molar-refractivity contribution in [2.24, 2.45) is 0 Å². The average Bonchev–Trinajstić information content (AvgIpc) is 3.18. The Morgan fingerprint density at radius 2 is 1.79 bits per heavy atom. The van der Waals surface area contributed by atoms with Crippen molar-refractivity contribution in [1.29, 1.82) is 5.26 Å². The molecule has 4 aromatic rings. The van der Waals surface area contributed by atoms with Crippen LogP contribution in [-0.4, -0.2) is 17.1 Å². The number of carbonyl (C=O) groups excluding carboxylic acids is 1. The van der Waals surface area contributed by atoms with Gasteiger partial charge >= 0.3 is 0 Å². The molecule has 0 spiro atoms. The molecule has 0 unspecified atom stereocenters. The number of hydrogen-bond donors (Lipinski definition) is 1. The molecule has 0 aliphatic rings. The van der Waals surface area contributed by atoms with Gasteiger partial charge in [-0.2, -0.15) is 5.26 Å². The molecule has 4 rings (SSSR count). The number of nitrogens with one attached hydrogen (secondary N) is 1. The van der Waals surface area contributed by atoms with E-state index < -0.39 is 5.91 Å². The van der Waals surface area contributed by atoms with E-state index in [2.05, 4.69) is 16.0 Å². The summed E-state index contributed by atoms with van der Waals surface area (Å²) in [6, 6.07) is 25.4. The summed E-state index contributed by atoms with van der Waals surface area (Å²) in [7, 11) is 0. The summed E-state index contributed by atoms with van der Waals surface area (Å²) in [5, 5.41) is 13.5. The number of benzene rings is 3. The quantitative estimate of drug-likeness (QED) is 0.291. The largest absolute Gasteiger partial charge is 0.492 e. The molecule has 1 heterocycles. The zero-order valence-corrected chi connectivity index (χ0v) is 18.7. The first kappa shape index (κ1) is 21.9. The van der Waals surface area contributed by atoms with Crippen molar-refractivity contribution in [3.63, 3.8) is 0 Å². The van der Waals surface area contributed by atoms with Gasteiger partial charge in [-0.3, -0.25) is 4.79 Å². The van der Waals surface area contributed by atoms with E-state index in [1.165, 1.54) is 0 Å². The molecule has 5 heteroatoms. The van der Waals surface area contributed by atoms with Crippen molar-refractivity contribution in [3.8, 4) is 11.8 Å². The summed E-state index contributed by atoms with van der Waals surface area (Å²) >= 11 is 0. The van der Waals surface area contributed by atoms with E-state index in [0.717, 1.165) is 33.3 Å². The summed E-state index contributed by atoms with van der Waals surface area (Å²) in [5.74, 6) is 0.402. The van der Waals surface area contributed by atoms with Crippen LogP contribution in [0.3, 0.4) is 0 Å². The Morgan fingerprint density at radius 3 is 2.58 bits per heavy atom. The second kappa shape index (κ2) is 9.88. The Kier molecular flexibility index (Phi) is 6.56. The van der Waals surface area contributed by atoms with E-state index in [9.17, 15) is 10.1 Å². The van der Waals surface area contributed by atoms with Gasteiger partial charge in [0, 0.05) is 28.4 Å². The van der Waals surface area contributed by atoms with Gasteiger partial charge in [0.15, 0.2) is 0 Å². The van der Waals surface area contributed by atoms with Gasteiger partial charge in [-0.25, -0.2) is 0 Å². The number of amides is 1. The second-order valence-electron chi connectivity index (χ2n) is 7.83. The van der Waals surface area contributed by atoms with Gasteiger partial charge in [0.2, 0.25) is 0 Å². The maximum Gasteiger partial charge on any atom is 0.266 e. The Labute approximate surface area is 193 Å². The topological polar surface area (TPSA) is 67.0 Å². The van der Waals surface area contributed by atoms with Gasteiger partial charge in [-0.1, -0.05) is 48.5 Å². The predicted octanol–water partition coefficient (Wildman–Crippen LogP) is 5.88. The van der Waals surface area contributed by atoms with Gasteiger partial charge in [0.1, 0.15) is 24.0 Å². The third-order valence-electron chi connectivity index (χ3n) is 5.68. The summed E-state index contributed by atoms with van der Waals surface area (Å²) in [4.78, 5) is 12.9. The predicted molar refractivity (Wildman–Crippen MR) is 132 cm³/mol. The number of rotatable bonds is 7. The maximum atomic E-state index is 12.9. The van der Waals surface area contributed by atoms with Gasteiger partial charge in [0.25, 0.3) is 5.91 Å². The molecule has 0 aliphatic heterocycles. The highest BCUT2D eigenvalue weighted by Gasteiger charge is 2.14. The molecule has 1 aromatic heterocycles. The number of nitrogens with zero attached hydrogens (tertiary/aromatic N) is 2. The molecule has 5 nitrogen and oxygen atoms in total. The fraction of sp³-hybridized carbons (Fsp3) is 0.143. The fourth-order valence-electron chi connectivity index (χ4n) is 3.73. The molecular formula is C28H25N3O2. The Balaban J connectivity index is 1.58. The van der Waals surface area contributed by atoms with Crippen molar-refractivity contribution in [2.75, 3.05) is 11.9 Å². The third-order valence-corrected chi connectivity index (χ3v) is 5.68. The molecule has 0 bridgehead atoms. The van der Waals surface area contributed by atoms with Crippen LogP contribution in [-0.2, 0) is 11.3 Å². The highest BCUT2D eigenvalue weighted by Crippen LogP contribution is 2.25. The lowest BCUT2D eigenvalue weighted by Crippen LogP contribution is -2.14. The molecule has 1 N–H and O–H groups in total. The summed E-state index contributed by atoms with van der Waals surface area (Å²) in [6.45, 7) is 5.08. The molecular weight excluding hydrogens is 410 g/mol. The van der Waals surface area contributed by atoms with Crippen LogP contribution in [0.15, 0.2) is 84.6 Å². The fourth-order valence-corrected chi connectivity index (χ4v) is 3.73. The van der Waals surface area contributed by atoms with Crippen molar-refractivity contribution in [2.45, 2.75) is 20.4 Å². The van der Waals surface area contributed by atoms with Crippen molar-refractivity contribution < 1.29 is 9.53 Å². The number of anilines is 1. The first-order valence-corrected chi connectivity index (χ1v) is 10.8. The molecule has 164 valence electrons. The molecule has 0 saturated heterocycles. The van der Waals surface area contributed by atoms with Crippen LogP contribution in [0.5, 0.6) is 5.75 Å². The summed E-state index contributed by atoms with van der Waals surface area (Å²) < 4.78 is 7.93. The van der Waals surface area contributed by atoms with Crippen LogP contribution in [0.1, 0.15) is 16.7 Å². The van der Waals surface area contributed by atoms with Crippen molar-refractivity contribution in [1.82, 2.24) is 4.57 Å². The lowest BCUT2D eigenvalue weighted by Gasteiger charge is -2.09. The van der Waals surface area contributed by atoms with Gasteiger partial charge in [0.05, 0.1) is 6.54 Å². The Bertz CT molecular complexity index is 1360. The number of para-hydroxylation sites is 2. The molecule has 0 atom stereocenters. The molecule has 33 heavy (non-hydrogen) atoms. The molecule has 0 fully saturated rings. The number of carbonyl (C=O) groups is 1. The Hall–Kier alpha value is -4.30. The first-order chi connectivity index (χ1) is 16.1. The minimum atomic E-state index is -0.421. The molecule has 0 aliphatic carbocycles. The number of aryl methyl sites for hydroxylation is 1. The zero-order valence-electron chi connectivity index (χ0n) is 18.7. The van der Waals surface area contributed by atoms with E-state index in [1.54, 1.807) is 6.08 Å². The van der Waals surface area contributed by atoms with Crippen LogP contribution in [0.4, 0.5) is 5.69 Å². The monoisotopic (exact) mass is 435 g/mol. The molecule has 3 aromatic carbocycles. The van der Waals surface area contributed by atoms with E-state index >= 15 is 0 Å². The van der Waals surface area contributed by atoms with Crippen LogP contribution in [0, 0.1) is 25.2 Å². The molecule has 1 amide bonds. The van der Waals surface area contributed by atoms with Crippen LogP contribution in [0.25, 0.3) is 17.0 Å². The average molecular weight is 436 g/mol. The summed E-state index contributed by atoms with van der Waals surface area (Å²) in [6.07, 6.45) is 3.61.